The van der Waals surface area contributed by atoms with Gasteiger partial charge in [0.2, 0.25) is 5.91 Å². The third-order valence-corrected chi connectivity index (χ3v) is 11.4. The maximum absolute atomic E-state index is 12.9. The van der Waals surface area contributed by atoms with Crippen LogP contribution in [0.25, 0.3) is 0 Å². The highest BCUT2D eigenvalue weighted by molar-refractivity contribution is 5.76. The third kappa shape index (κ3) is 28.1. The van der Waals surface area contributed by atoms with Crippen molar-refractivity contribution in [3.8, 4) is 0 Å². The number of rotatable bonds is 39. The second-order valence-corrected chi connectivity index (χ2v) is 16.6. The quantitative estimate of drug-likeness (QED) is 0.0267. The molecule has 0 saturated carbocycles. The second-order valence-electron chi connectivity index (χ2n) is 16.6. The van der Waals surface area contributed by atoms with E-state index in [9.17, 15) is 30.3 Å². The summed E-state index contributed by atoms with van der Waals surface area (Å²) in [6.45, 7) is 3.77. The fourth-order valence-electron chi connectivity index (χ4n) is 7.57. The molecular weight excluding hydrogens is 695 g/mol. The molecule has 55 heavy (non-hydrogen) atoms. The van der Waals surface area contributed by atoms with E-state index >= 15 is 0 Å². The van der Waals surface area contributed by atoms with Crippen LogP contribution < -0.4 is 5.32 Å². The number of carbonyl (C=O) groups excluding carboxylic acids is 1. The molecule has 1 saturated heterocycles. The van der Waals surface area contributed by atoms with Gasteiger partial charge in [-0.1, -0.05) is 206 Å². The van der Waals surface area contributed by atoms with Gasteiger partial charge in [-0.05, 0) is 19.3 Å². The van der Waals surface area contributed by atoms with Crippen molar-refractivity contribution in [2.45, 2.75) is 262 Å². The zero-order chi connectivity index (χ0) is 40.2. The average Bonchev–Trinajstić information content (AvgIpc) is 3.18. The first kappa shape index (κ1) is 51.9. The SMILES string of the molecule is CCCCCCCCCCC/C=C/[C@@H](O)[C@H](CO[C@@H]1O[C@H](CO)[C@@H](O)C(O)C1O)NC(=O)CCCCCCCCCCCCCCCCCCCCCCC. The Balaban J connectivity index is 2.27. The molecule has 9 nitrogen and oxygen atoms in total. The van der Waals surface area contributed by atoms with Gasteiger partial charge in [0, 0.05) is 6.42 Å². The lowest BCUT2D eigenvalue weighted by molar-refractivity contribution is -0.302. The van der Waals surface area contributed by atoms with Crippen LogP contribution in [0.15, 0.2) is 12.2 Å². The molecule has 1 aliphatic rings. The lowest BCUT2D eigenvalue weighted by Gasteiger charge is -2.40. The van der Waals surface area contributed by atoms with Crippen molar-refractivity contribution in [2.24, 2.45) is 0 Å². The lowest BCUT2D eigenvalue weighted by atomic mass is 9.99. The predicted molar refractivity (Wildman–Crippen MR) is 226 cm³/mol. The van der Waals surface area contributed by atoms with Crippen LogP contribution in [-0.2, 0) is 14.3 Å². The molecule has 1 fully saturated rings. The molecule has 6 N–H and O–H groups in total. The number of carbonyl (C=O) groups is 1. The summed E-state index contributed by atoms with van der Waals surface area (Å²) in [5.74, 6) is -0.174. The zero-order valence-corrected chi connectivity index (χ0v) is 35.7. The Morgan fingerprint density at radius 2 is 1.00 bits per heavy atom. The van der Waals surface area contributed by atoms with E-state index in [1.807, 2.05) is 6.08 Å². The van der Waals surface area contributed by atoms with Crippen LogP contribution in [0, 0.1) is 0 Å². The Labute approximate surface area is 337 Å². The van der Waals surface area contributed by atoms with E-state index in [0.717, 1.165) is 38.5 Å². The molecule has 0 aromatic heterocycles. The van der Waals surface area contributed by atoms with Crippen LogP contribution in [0.1, 0.15) is 219 Å². The maximum Gasteiger partial charge on any atom is 0.220 e. The van der Waals surface area contributed by atoms with Crippen molar-refractivity contribution in [3.63, 3.8) is 0 Å². The molecule has 0 radical (unpaired) electrons. The molecule has 2 unspecified atom stereocenters. The molecule has 9 heteroatoms. The van der Waals surface area contributed by atoms with E-state index in [-0.39, 0.29) is 12.5 Å². The zero-order valence-electron chi connectivity index (χ0n) is 35.7. The van der Waals surface area contributed by atoms with Gasteiger partial charge in [-0.15, -0.1) is 0 Å². The molecule has 1 amide bonds. The molecule has 326 valence electrons. The standard InChI is InChI=1S/C46H89NO8/c1-3-5-7-9-11-13-15-16-17-18-19-20-21-22-23-24-26-28-30-32-34-36-42(50)47-39(38-54-46-45(53)44(52)43(51)41(37-48)55-46)40(49)35-33-31-29-27-25-14-12-10-8-6-4-2/h33,35,39-41,43-46,48-49,51-53H,3-32,34,36-38H2,1-2H3,(H,47,50)/b35-33+/t39-,40+,41+,43+,44?,45?,46+/m0/s1. The van der Waals surface area contributed by atoms with E-state index in [1.165, 1.54) is 161 Å². The predicted octanol–water partition coefficient (Wildman–Crippen LogP) is 9.73. The molecule has 1 aliphatic heterocycles. The summed E-state index contributed by atoms with van der Waals surface area (Å²) >= 11 is 0. The van der Waals surface area contributed by atoms with Crippen molar-refractivity contribution < 1.29 is 39.8 Å². The van der Waals surface area contributed by atoms with E-state index in [2.05, 4.69) is 19.2 Å². The Hall–Kier alpha value is -1.07. The smallest absolute Gasteiger partial charge is 0.220 e. The summed E-state index contributed by atoms with van der Waals surface area (Å²) in [5, 5.41) is 54.1. The molecule has 1 rings (SSSR count). The van der Waals surface area contributed by atoms with Crippen LogP contribution in [0.4, 0.5) is 0 Å². The van der Waals surface area contributed by atoms with Gasteiger partial charge in [-0.25, -0.2) is 0 Å². The van der Waals surface area contributed by atoms with E-state index in [1.54, 1.807) is 6.08 Å². The van der Waals surface area contributed by atoms with Crippen LogP contribution in [-0.4, -0.2) is 87.5 Å². The van der Waals surface area contributed by atoms with E-state index in [4.69, 9.17) is 9.47 Å². The topological polar surface area (TPSA) is 149 Å². The van der Waals surface area contributed by atoms with Gasteiger partial charge in [0.05, 0.1) is 25.4 Å². The molecule has 0 aromatic rings. The first-order valence-corrected chi connectivity index (χ1v) is 23.4. The molecule has 7 atom stereocenters. The monoisotopic (exact) mass is 784 g/mol. The van der Waals surface area contributed by atoms with Crippen LogP contribution in [0.3, 0.4) is 0 Å². The number of amides is 1. The fourth-order valence-corrected chi connectivity index (χ4v) is 7.57. The minimum atomic E-state index is -1.56. The number of hydrogen-bond donors (Lipinski definition) is 6. The van der Waals surface area contributed by atoms with Gasteiger partial charge in [0.15, 0.2) is 6.29 Å². The molecule has 0 aliphatic carbocycles. The van der Waals surface area contributed by atoms with Gasteiger partial charge < -0.3 is 40.3 Å². The number of ether oxygens (including phenoxy) is 2. The van der Waals surface area contributed by atoms with Gasteiger partial charge in [0.25, 0.3) is 0 Å². The number of allylic oxidation sites excluding steroid dienone is 1. The molecule has 0 spiro atoms. The largest absolute Gasteiger partial charge is 0.394 e. The van der Waals surface area contributed by atoms with Crippen LogP contribution >= 0.6 is 0 Å². The van der Waals surface area contributed by atoms with Crippen molar-refractivity contribution in [1.82, 2.24) is 5.32 Å². The number of hydrogen-bond acceptors (Lipinski definition) is 8. The first-order valence-electron chi connectivity index (χ1n) is 23.4. The Bertz CT molecular complexity index is 873. The third-order valence-electron chi connectivity index (χ3n) is 11.4. The number of aliphatic hydroxyl groups is 5. The second kappa shape index (κ2) is 37.2. The number of aliphatic hydroxyl groups excluding tert-OH is 5. The van der Waals surface area contributed by atoms with Crippen molar-refractivity contribution in [3.05, 3.63) is 12.2 Å². The summed E-state index contributed by atoms with van der Waals surface area (Å²) in [4.78, 5) is 12.9. The van der Waals surface area contributed by atoms with Gasteiger partial charge in [0.1, 0.15) is 24.4 Å². The highest BCUT2D eigenvalue weighted by atomic mass is 16.7. The minimum absolute atomic E-state index is 0.174. The van der Waals surface area contributed by atoms with Gasteiger partial charge >= 0.3 is 0 Å². The molecule has 1 heterocycles. The Morgan fingerprint density at radius 1 is 0.600 bits per heavy atom. The van der Waals surface area contributed by atoms with Crippen LogP contribution in [0.5, 0.6) is 0 Å². The van der Waals surface area contributed by atoms with Crippen molar-refractivity contribution in [2.75, 3.05) is 13.2 Å². The highest BCUT2D eigenvalue weighted by Gasteiger charge is 2.44. The number of nitrogens with one attached hydrogen (secondary N) is 1. The summed E-state index contributed by atoms with van der Waals surface area (Å²) in [5.41, 5.74) is 0. The summed E-state index contributed by atoms with van der Waals surface area (Å²) in [6.07, 6.45) is 35.5. The maximum atomic E-state index is 12.9. The van der Waals surface area contributed by atoms with Crippen molar-refractivity contribution >= 4 is 5.91 Å². The average molecular weight is 784 g/mol. The van der Waals surface area contributed by atoms with Gasteiger partial charge in [-0.2, -0.15) is 0 Å². The normalized spacial score (nSPS) is 21.3. The molecule has 0 bridgehead atoms. The summed E-state index contributed by atoms with van der Waals surface area (Å²) in [7, 11) is 0. The fraction of sp³-hybridized carbons (Fsp3) is 0.935. The number of unbranched alkanes of at least 4 members (excludes halogenated alkanes) is 29. The van der Waals surface area contributed by atoms with Gasteiger partial charge in [-0.3, -0.25) is 4.79 Å². The Kier molecular flexibility index (Phi) is 35.2. The molecular formula is C46H89NO8. The minimum Gasteiger partial charge on any atom is -0.394 e. The van der Waals surface area contributed by atoms with E-state index in [0.29, 0.717) is 6.42 Å². The lowest BCUT2D eigenvalue weighted by Crippen LogP contribution is -2.60. The highest BCUT2D eigenvalue weighted by Crippen LogP contribution is 2.23. The Morgan fingerprint density at radius 3 is 1.42 bits per heavy atom. The first-order chi connectivity index (χ1) is 26.8. The summed E-state index contributed by atoms with van der Waals surface area (Å²) in [6, 6.07) is -0.797. The van der Waals surface area contributed by atoms with Crippen molar-refractivity contribution in [1.29, 1.82) is 0 Å². The molecule has 0 aromatic carbocycles. The summed E-state index contributed by atoms with van der Waals surface area (Å²) < 4.78 is 11.2. The van der Waals surface area contributed by atoms with E-state index < -0.39 is 49.5 Å². The van der Waals surface area contributed by atoms with Crippen LogP contribution in [0.2, 0.25) is 0 Å².